The minimum atomic E-state index is 0.00266. The Balaban J connectivity index is 1.77. The van der Waals surface area contributed by atoms with E-state index in [-0.39, 0.29) is 18.1 Å². The third-order valence-electron chi connectivity index (χ3n) is 6.93. The summed E-state index contributed by atoms with van der Waals surface area (Å²) in [5.74, 6) is 1.58. The molecule has 1 aliphatic rings. The fraction of sp³-hybridized carbons (Fsp3) is 0.448. The molecule has 2 aromatic carbocycles. The molecule has 0 aliphatic carbocycles. The summed E-state index contributed by atoms with van der Waals surface area (Å²) in [6, 6.07) is 12.4. The van der Waals surface area contributed by atoms with Crippen molar-refractivity contribution in [3.63, 3.8) is 0 Å². The zero-order valence-corrected chi connectivity index (χ0v) is 22.3. The maximum atomic E-state index is 12.9. The van der Waals surface area contributed by atoms with Crippen LogP contribution in [0.3, 0.4) is 0 Å². The van der Waals surface area contributed by atoms with Crippen LogP contribution in [-0.2, 0) is 13.0 Å². The average molecular weight is 491 g/mol. The van der Waals surface area contributed by atoms with Gasteiger partial charge in [-0.05, 0) is 82.0 Å². The molecule has 1 aromatic heterocycles. The third kappa shape index (κ3) is 5.26. The third-order valence-corrected chi connectivity index (χ3v) is 6.93. The monoisotopic (exact) mass is 490 g/mol. The summed E-state index contributed by atoms with van der Waals surface area (Å²) in [7, 11) is 1.69. The highest BCUT2D eigenvalue weighted by Crippen LogP contribution is 2.42. The van der Waals surface area contributed by atoms with Crippen LogP contribution in [0, 0.1) is 6.92 Å². The van der Waals surface area contributed by atoms with E-state index in [1.165, 1.54) is 11.1 Å². The maximum Gasteiger partial charge on any atom is 0.253 e. The molecule has 1 aliphatic heterocycles. The van der Waals surface area contributed by atoms with Gasteiger partial charge in [0, 0.05) is 37.4 Å². The summed E-state index contributed by atoms with van der Waals surface area (Å²) in [6.45, 7) is 13.1. The predicted molar refractivity (Wildman–Crippen MR) is 142 cm³/mol. The van der Waals surface area contributed by atoms with Gasteiger partial charge in [0.05, 0.1) is 31.3 Å². The van der Waals surface area contributed by atoms with E-state index in [9.17, 15) is 4.79 Å². The summed E-state index contributed by atoms with van der Waals surface area (Å²) in [5.41, 5.74) is 6.44. The fourth-order valence-electron chi connectivity index (χ4n) is 4.99. The Morgan fingerprint density at radius 3 is 2.47 bits per heavy atom. The topological polar surface area (TPSA) is 70.7 Å². The Labute approximate surface area is 214 Å². The van der Waals surface area contributed by atoms with Crippen molar-refractivity contribution in [3.05, 3.63) is 76.4 Å². The molecule has 7 heteroatoms. The van der Waals surface area contributed by atoms with Crippen LogP contribution < -0.4 is 9.47 Å². The Hall–Kier alpha value is -3.32. The normalized spacial score (nSPS) is 15.6. The van der Waals surface area contributed by atoms with Gasteiger partial charge in [0.25, 0.3) is 5.91 Å². The summed E-state index contributed by atoms with van der Waals surface area (Å²) >= 11 is 0. The summed E-state index contributed by atoms with van der Waals surface area (Å²) in [6.07, 6.45) is 2.70. The van der Waals surface area contributed by atoms with Crippen molar-refractivity contribution in [3.8, 4) is 11.5 Å². The number of nitrogens with zero attached hydrogens (tertiary/aromatic N) is 3. The fourth-order valence-corrected chi connectivity index (χ4v) is 4.99. The lowest BCUT2D eigenvalue weighted by atomic mass is 9.87. The molecular formula is C29H38N4O3. The number of carbonyl (C=O) groups is 1. The SMILES string of the molecule is CCN(CC)C(=O)c1ccc([C@@H]2c3cc(OC(C)C)c(OC)cc3CCN2Cc2nc[nH]c2C)cc1. The van der Waals surface area contributed by atoms with Crippen LogP contribution >= 0.6 is 0 Å². The van der Waals surface area contributed by atoms with E-state index < -0.39 is 0 Å². The molecule has 0 saturated heterocycles. The molecular weight excluding hydrogens is 452 g/mol. The van der Waals surface area contributed by atoms with Crippen LogP contribution in [0.25, 0.3) is 0 Å². The number of methoxy groups -OCH3 is 1. The van der Waals surface area contributed by atoms with Crippen molar-refractivity contribution in [1.82, 2.24) is 19.8 Å². The standard InChI is InChI=1S/C29H38N4O3/c1-7-32(8-2)29(34)22-11-9-21(10-12-22)28-24-16-27(36-19(3)4)26(35-6)15-23(24)13-14-33(28)17-25-20(5)30-18-31-25/h9-12,15-16,18-19,28H,7-8,13-14,17H2,1-6H3,(H,30,31)/t28-/m1/s1. The summed E-state index contributed by atoms with van der Waals surface area (Å²) in [5, 5.41) is 0. The van der Waals surface area contributed by atoms with Gasteiger partial charge in [0.1, 0.15) is 0 Å². The zero-order valence-electron chi connectivity index (χ0n) is 22.3. The molecule has 1 atom stereocenters. The molecule has 7 nitrogen and oxygen atoms in total. The number of fused-ring (bicyclic) bond motifs is 1. The number of ether oxygens (including phenoxy) is 2. The quantitative estimate of drug-likeness (QED) is 0.450. The smallest absolute Gasteiger partial charge is 0.253 e. The second-order valence-corrected chi connectivity index (χ2v) is 9.57. The van der Waals surface area contributed by atoms with Crippen LogP contribution in [0.1, 0.15) is 72.2 Å². The van der Waals surface area contributed by atoms with Crippen LogP contribution in [0.4, 0.5) is 0 Å². The molecule has 1 N–H and O–H groups in total. The molecule has 192 valence electrons. The second-order valence-electron chi connectivity index (χ2n) is 9.57. The van der Waals surface area contributed by atoms with Crippen LogP contribution in [0.2, 0.25) is 0 Å². The van der Waals surface area contributed by atoms with Gasteiger partial charge in [0.15, 0.2) is 11.5 Å². The molecule has 0 saturated carbocycles. The van der Waals surface area contributed by atoms with E-state index in [0.717, 1.165) is 48.0 Å². The largest absolute Gasteiger partial charge is 0.493 e. The summed E-state index contributed by atoms with van der Waals surface area (Å²) in [4.78, 5) is 25.0. The highest BCUT2D eigenvalue weighted by Gasteiger charge is 2.31. The van der Waals surface area contributed by atoms with Gasteiger partial charge in [-0.1, -0.05) is 12.1 Å². The number of nitrogens with one attached hydrogen (secondary N) is 1. The van der Waals surface area contributed by atoms with Crippen molar-refractivity contribution >= 4 is 5.91 Å². The lowest BCUT2D eigenvalue weighted by Gasteiger charge is -2.38. The molecule has 0 fully saturated rings. The minimum absolute atomic E-state index is 0.00266. The molecule has 36 heavy (non-hydrogen) atoms. The van der Waals surface area contributed by atoms with E-state index in [0.29, 0.717) is 18.7 Å². The maximum absolute atomic E-state index is 12.9. The first-order valence-corrected chi connectivity index (χ1v) is 12.9. The Morgan fingerprint density at radius 1 is 1.17 bits per heavy atom. The van der Waals surface area contributed by atoms with Crippen LogP contribution in [-0.4, -0.2) is 58.5 Å². The average Bonchev–Trinajstić information content (AvgIpc) is 3.28. The number of imidazole rings is 1. The lowest BCUT2D eigenvalue weighted by Crippen LogP contribution is -2.36. The molecule has 0 spiro atoms. The van der Waals surface area contributed by atoms with Crippen LogP contribution in [0.15, 0.2) is 42.7 Å². The molecule has 4 rings (SSSR count). The number of aryl methyl sites for hydroxylation is 1. The number of hydrogen-bond acceptors (Lipinski definition) is 5. The minimum Gasteiger partial charge on any atom is -0.493 e. The molecule has 3 aromatic rings. The highest BCUT2D eigenvalue weighted by atomic mass is 16.5. The number of aromatic nitrogens is 2. The Kier molecular flexibility index (Phi) is 7.99. The van der Waals surface area contributed by atoms with E-state index in [4.69, 9.17) is 9.47 Å². The summed E-state index contributed by atoms with van der Waals surface area (Å²) < 4.78 is 11.8. The number of benzene rings is 2. The van der Waals surface area contributed by atoms with Crippen molar-refractivity contribution in [1.29, 1.82) is 0 Å². The van der Waals surface area contributed by atoms with E-state index >= 15 is 0 Å². The van der Waals surface area contributed by atoms with Crippen molar-refractivity contribution < 1.29 is 14.3 Å². The van der Waals surface area contributed by atoms with Gasteiger partial charge in [0.2, 0.25) is 0 Å². The number of H-pyrrole nitrogens is 1. The number of rotatable bonds is 9. The zero-order chi connectivity index (χ0) is 25.8. The first-order chi connectivity index (χ1) is 17.4. The Morgan fingerprint density at radius 2 is 1.89 bits per heavy atom. The molecule has 0 unspecified atom stereocenters. The van der Waals surface area contributed by atoms with Gasteiger partial charge in [-0.2, -0.15) is 0 Å². The van der Waals surface area contributed by atoms with E-state index in [1.807, 2.05) is 44.7 Å². The van der Waals surface area contributed by atoms with Crippen molar-refractivity contribution in [2.24, 2.45) is 0 Å². The second kappa shape index (κ2) is 11.2. The van der Waals surface area contributed by atoms with E-state index in [1.54, 1.807) is 13.4 Å². The van der Waals surface area contributed by atoms with Crippen LogP contribution in [0.5, 0.6) is 11.5 Å². The molecule has 1 amide bonds. The van der Waals surface area contributed by atoms with Gasteiger partial charge in [-0.15, -0.1) is 0 Å². The van der Waals surface area contributed by atoms with Gasteiger partial charge >= 0.3 is 0 Å². The Bertz CT molecular complexity index is 1180. The predicted octanol–water partition coefficient (Wildman–Crippen LogP) is 5.14. The first-order valence-electron chi connectivity index (χ1n) is 12.9. The number of carbonyl (C=O) groups excluding carboxylic acids is 1. The van der Waals surface area contributed by atoms with Gasteiger partial charge < -0.3 is 19.4 Å². The lowest BCUT2D eigenvalue weighted by molar-refractivity contribution is 0.0773. The number of hydrogen-bond donors (Lipinski definition) is 1. The first kappa shape index (κ1) is 25.8. The highest BCUT2D eigenvalue weighted by molar-refractivity contribution is 5.94. The van der Waals surface area contributed by atoms with Gasteiger partial charge in [-0.25, -0.2) is 4.98 Å². The van der Waals surface area contributed by atoms with Crippen molar-refractivity contribution in [2.75, 3.05) is 26.7 Å². The molecule has 0 radical (unpaired) electrons. The number of amides is 1. The molecule has 0 bridgehead atoms. The van der Waals surface area contributed by atoms with Gasteiger partial charge in [-0.3, -0.25) is 9.69 Å². The number of aromatic amines is 1. The molecule has 2 heterocycles. The van der Waals surface area contributed by atoms with Crippen molar-refractivity contribution in [2.45, 2.75) is 59.7 Å². The van der Waals surface area contributed by atoms with E-state index in [2.05, 4.69) is 46.1 Å².